The Hall–Kier alpha value is -3.15. The first kappa shape index (κ1) is 16.1. The van der Waals surface area contributed by atoms with Crippen molar-refractivity contribution in [2.75, 3.05) is 13.1 Å². The van der Waals surface area contributed by atoms with E-state index in [1.807, 2.05) is 17.0 Å². The molecule has 0 aliphatic carbocycles. The molecule has 5 nitrogen and oxygen atoms in total. The fourth-order valence-electron chi connectivity index (χ4n) is 4.00. The summed E-state index contributed by atoms with van der Waals surface area (Å²) in [6.07, 6.45) is 3.78. The van der Waals surface area contributed by atoms with Crippen LogP contribution < -0.4 is 0 Å². The number of nitrogens with zero attached hydrogens (tertiary/aromatic N) is 2. The Balaban J connectivity index is 1.40. The van der Waals surface area contributed by atoms with Crippen molar-refractivity contribution < 1.29 is 9.18 Å². The van der Waals surface area contributed by atoms with E-state index < -0.39 is 0 Å². The Bertz CT molecular complexity index is 1110. The van der Waals surface area contributed by atoms with Crippen LogP contribution in [0.15, 0.2) is 48.7 Å². The highest BCUT2D eigenvalue weighted by atomic mass is 19.1. The number of aromatic amines is 2. The number of hydrogen-bond donors (Lipinski definition) is 2. The summed E-state index contributed by atoms with van der Waals surface area (Å²) < 4.78 is 13.4. The predicted octanol–water partition coefficient (Wildman–Crippen LogP) is 4.20. The average Bonchev–Trinajstić information content (AvgIpc) is 3.31. The highest BCUT2D eigenvalue weighted by Gasteiger charge is 2.27. The van der Waals surface area contributed by atoms with Crippen molar-refractivity contribution >= 4 is 27.8 Å². The summed E-state index contributed by atoms with van der Waals surface area (Å²) in [4.78, 5) is 25.8. The van der Waals surface area contributed by atoms with Gasteiger partial charge in [-0.05, 0) is 55.3 Å². The number of likely N-dealkylation sites (tertiary alicyclic amines) is 1. The molecule has 4 aromatic rings. The largest absolute Gasteiger partial charge is 0.357 e. The Morgan fingerprint density at radius 3 is 2.96 bits per heavy atom. The highest BCUT2D eigenvalue weighted by molar-refractivity contribution is 5.98. The lowest BCUT2D eigenvalue weighted by Crippen LogP contribution is -2.39. The molecule has 27 heavy (non-hydrogen) atoms. The number of nitrogens with one attached hydrogen (secondary N) is 2. The normalized spacial score (nSPS) is 17.7. The van der Waals surface area contributed by atoms with E-state index in [4.69, 9.17) is 0 Å². The van der Waals surface area contributed by atoms with Gasteiger partial charge in [0, 0.05) is 41.8 Å². The van der Waals surface area contributed by atoms with Gasteiger partial charge in [-0.3, -0.25) is 9.78 Å². The van der Waals surface area contributed by atoms with E-state index in [1.54, 1.807) is 18.3 Å². The van der Waals surface area contributed by atoms with Crippen LogP contribution >= 0.6 is 0 Å². The number of hydrogen-bond acceptors (Lipinski definition) is 2. The van der Waals surface area contributed by atoms with Crippen molar-refractivity contribution in [2.24, 2.45) is 0 Å². The molecule has 0 radical (unpaired) electrons. The topological polar surface area (TPSA) is 64.8 Å². The number of carbonyl (C=O) groups is 1. The van der Waals surface area contributed by atoms with Crippen molar-refractivity contribution in [3.63, 3.8) is 0 Å². The number of pyridine rings is 1. The van der Waals surface area contributed by atoms with Gasteiger partial charge >= 0.3 is 0 Å². The van der Waals surface area contributed by atoms with Gasteiger partial charge in [0.15, 0.2) is 0 Å². The van der Waals surface area contributed by atoms with Crippen molar-refractivity contribution in [2.45, 2.75) is 18.8 Å². The summed E-state index contributed by atoms with van der Waals surface area (Å²) in [6, 6.07) is 12.3. The van der Waals surface area contributed by atoms with Gasteiger partial charge in [-0.25, -0.2) is 4.39 Å². The zero-order chi connectivity index (χ0) is 18.4. The average molecular weight is 362 g/mol. The van der Waals surface area contributed by atoms with Crippen LogP contribution in [0.1, 0.15) is 34.9 Å². The number of carbonyl (C=O) groups excluding carboxylic acids is 1. The van der Waals surface area contributed by atoms with E-state index >= 15 is 0 Å². The lowest BCUT2D eigenvalue weighted by Gasteiger charge is -2.32. The zero-order valence-corrected chi connectivity index (χ0v) is 14.7. The third-order valence-corrected chi connectivity index (χ3v) is 5.37. The van der Waals surface area contributed by atoms with Gasteiger partial charge < -0.3 is 14.9 Å². The van der Waals surface area contributed by atoms with E-state index in [9.17, 15) is 9.18 Å². The van der Waals surface area contributed by atoms with Gasteiger partial charge in [0.2, 0.25) is 0 Å². The summed E-state index contributed by atoms with van der Waals surface area (Å²) >= 11 is 0. The second kappa shape index (κ2) is 6.23. The van der Waals surface area contributed by atoms with E-state index in [0.717, 1.165) is 41.6 Å². The van der Waals surface area contributed by atoms with Crippen molar-refractivity contribution in [3.8, 4) is 0 Å². The van der Waals surface area contributed by atoms with Gasteiger partial charge in [-0.1, -0.05) is 0 Å². The molecular weight excluding hydrogens is 343 g/mol. The second-order valence-electron chi connectivity index (χ2n) is 7.17. The fourth-order valence-corrected chi connectivity index (χ4v) is 4.00. The van der Waals surface area contributed by atoms with Crippen LogP contribution in [0.5, 0.6) is 0 Å². The number of H-pyrrole nitrogens is 2. The predicted molar refractivity (Wildman–Crippen MR) is 102 cm³/mol. The molecule has 0 saturated carbocycles. The van der Waals surface area contributed by atoms with Gasteiger partial charge in [0.1, 0.15) is 11.5 Å². The van der Waals surface area contributed by atoms with E-state index in [2.05, 4.69) is 21.0 Å². The maximum Gasteiger partial charge on any atom is 0.270 e. The minimum absolute atomic E-state index is 0.0365. The number of aromatic nitrogens is 3. The summed E-state index contributed by atoms with van der Waals surface area (Å²) in [5.41, 5.74) is 4.38. The SMILES string of the molecule is O=C(c1cc2cc(F)ccc2[nH]1)N1CCC[C@@H](c2cc3ncccc3[nH]2)C1. The monoisotopic (exact) mass is 362 g/mol. The molecule has 6 heteroatoms. The first-order chi connectivity index (χ1) is 13.2. The second-order valence-corrected chi connectivity index (χ2v) is 7.17. The Morgan fingerprint density at radius 1 is 1.15 bits per heavy atom. The van der Waals surface area contributed by atoms with Crippen molar-refractivity contribution in [1.82, 2.24) is 19.9 Å². The molecule has 2 N–H and O–H groups in total. The molecule has 0 unspecified atom stereocenters. The minimum atomic E-state index is -0.300. The standard InChI is InChI=1S/C21H19FN4O/c22-15-5-6-16-14(9-15)10-20(24-16)21(27)26-8-2-3-13(12-26)18-11-19-17(25-18)4-1-7-23-19/h1,4-7,9-11,13,24-25H,2-3,8,12H2/t13-/m1/s1. The molecule has 0 bridgehead atoms. The van der Waals surface area contributed by atoms with Crippen LogP contribution in [0, 0.1) is 5.82 Å². The Morgan fingerprint density at radius 2 is 2.07 bits per heavy atom. The number of piperidine rings is 1. The third kappa shape index (κ3) is 2.87. The summed E-state index contributed by atoms with van der Waals surface area (Å²) in [5.74, 6) is -0.0739. The molecule has 1 amide bonds. The summed E-state index contributed by atoms with van der Waals surface area (Å²) in [5, 5.41) is 0.716. The number of halogens is 1. The van der Waals surface area contributed by atoms with Crippen LogP contribution in [0.2, 0.25) is 0 Å². The van der Waals surface area contributed by atoms with Crippen LogP contribution in [0.4, 0.5) is 4.39 Å². The van der Waals surface area contributed by atoms with E-state index in [-0.39, 0.29) is 17.6 Å². The lowest BCUT2D eigenvalue weighted by atomic mass is 9.94. The molecule has 3 aromatic heterocycles. The number of rotatable bonds is 2. The molecule has 0 spiro atoms. The van der Waals surface area contributed by atoms with Crippen molar-refractivity contribution in [3.05, 3.63) is 65.9 Å². The molecule has 136 valence electrons. The summed E-state index contributed by atoms with van der Waals surface area (Å²) in [7, 11) is 0. The fraction of sp³-hybridized carbons (Fsp3) is 0.238. The maximum atomic E-state index is 13.4. The number of amides is 1. The van der Waals surface area contributed by atoms with Crippen LogP contribution in [0.3, 0.4) is 0 Å². The molecule has 1 saturated heterocycles. The van der Waals surface area contributed by atoms with Gasteiger partial charge in [-0.2, -0.15) is 0 Å². The van der Waals surface area contributed by atoms with Gasteiger partial charge in [-0.15, -0.1) is 0 Å². The first-order valence-electron chi connectivity index (χ1n) is 9.18. The Labute approximate surface area is 155 Å². The lowest BCUT2D eigenvalue weighted by molar-refractivity contribution is 0.0701. The van der Waals surface area contributed by atoms with Crippen LogP contribution in [-0.4, -0.2) is 38.8 Å². The third-order valence-electron chi connectivity index (χ3n) is 5.37. The maximum absolute atomic E-state index is 13.4. The van der Waals surface area contributed by atoms with Gasteiger partial charge in [0.05, 0.1) is 11.0 Å². The number of benzene rings is 1. The van der Waals surface area contributed by atoms with E-state index in [1.165, 1.54) is 12.1 Å². The molecule has 5 rings (SSSR count). The van der Waals surface area contributed by atoms with Crippen LogP contribution in [0.25, 0.3) is 21.9 Å². The van der Waals surface area contributed by atoms with Gasteiger partial charge in [0.25, 0.3) is 5.91 Å². The molecule has 1 aliphatic rings. The number of fused-ring (bicyclic) bond motifs is 2. The Kier molecular flexibility index (Phi) is 3.70. The smallest absolute Gasteiger partial charge is 0.270 e. The first-order valence-corrected chi connectivity index (χ1v) is 9.18. The quantitative estimate of drug-likeness (QED) is 0.561. The molecule has 1 aromatic carbocycles. The molecule has 4 heterocycles. The van der Waals surface area contributed by atoms with Crippen LogP contribution in [-0.2, 0) is 0 Å². The zero-order valence-electron chi connectivity index (χ0n) is 14.7. The molecule has 1 aliphatic heterocycles. The molecule has 1 fully saturated rings. The minimum Gasteiger partial charge on any atom is -0.357 e. The summed E-state index contributed by atoms with van der Waals surface area (Å²) in [6.45, 7) is 1.40. The highest BCUT2D eigenvalue weighted by Crippen LogP contribution is 2.29. The molecule has 1 atom stereocenters. The molecular formula is C21H19FN4O. The van der Waals surface area contributed by atoms with E-state index in [0.29, 0.717) is 17.6 Å². The van der Waals surface area contributed by atoms with Crippen molar-refractivity contribution in [1.29, 1.82) is 0 Å².